The standard InChI is InChI=1S/C28H31NO3/c1-31-25-17-15-23(16-18-25)27(32-28(30)24-13-7-3-8-14-24)26(22-11-5-2-6-12-22)21-29-19-9-4-10-20-29/h2-3,5-8,11-18,26-27H,4,9-10,19-21H2,1H3/t26-,27+/m0/s1. The summed E-state index contributed by atoms with van der Waals surface area (Å²) in [6, 6.07) is 27.5. The van der Waals surface area contributed by atoms with E-state index in [9.17, 15) is 4.79 Å². The molecule has 4 heteroatoms. The molecule has 1 saturated heterocycles. The van der Waals surface area contributed by atoms with E-state index in [2.05, 4.69) is 29.2 Å². The van der Waals surface area contributed by atoms with Crippen LogP contribution in [0, 0.1) is 0 Å². The van der Waals surface area contributed by atoms with Crippen molar-refractivity contribution in [2.45, 2.75) is 31.3 Å². The first-order valence-corrected chi connectivity index (χ1v) is 11.4. The Balaban J connectivity index is 1.69. The number of carbonyl (C=O) groups excluding carboxylic acids is 1. The molecule has 0 aliphatic carbocycles. The number of likely N-dealkylation sites (tertiary alicyclic amines) is 1. The molecule has 0 spiro atoms. The molecular weight excluding hydrogens is 398 g/mol. The van der Waals surface area contributed by atoms with Crippen molar-refractivity contribution in [3.8, 4) is 5.75 Å². The Morgan fingerprint density at radius 3 is 2.06 bits per heavy atom. The molecule has 0 bridgehead atoms. The average molecular weight is 430 g/mol. The Kier molecular flexibility index (Phi) is 7.57. The number of hydrogen-bond donors (Lipinski definition) is 0. The summed E-state index contributed by atoms with van der Waals surface area (Å²) >= 11 is 0. The minimum atomic E-state index is -0.405. The van der Waals surface area contributed by atoms with Crippen LogP contribution in [0.2, 0.25) is 0 Å². The van der Waals surface area contributed by atoms with Crippen LogP contribution in [0.3, 0.4) is 0 Å². The fourth-order valence-corrected chi connectivity index (χ4v) is 4.43. The minimum Gasteiger partial charge on any atom is -0.497 e. The Morgan fingerprint density at radius 2 is 1.44 bits per heavy atom. The second-order valence-corrected chi connectivity index (χ2v) is 8.34. The van der Waals surface area contributed by atoms with Gasteiger partial charge in [0.05, 0.1) is 12.7 Å². The minimum absolute atomic E-state index is 0.0235. The summed E-state index contributed by atoms with van der Waals surface area (Å²) in [6.45, 7) is 3.03. The highest BCUT2D eigenvalue weighted by atomic mass is 16.5. The van der Waals surface area contributed by atoms with E-state index in [-0.39, 0.29) is 11.9 Å². The lowest BCUT2D eigenvalue weighted by molar-refractivity contribution is 0.0179. The third kappa shape index (κ3) is 5.57. The fourth-order valence-electron chi connectivity index (χ4n) is 4.43. The van der Waals surface area contributed by atoms with Crippen molar-refractivity contribution in [2.24, 2.45) is 0 Å². The van der Waals surface area contributed by atoms with Gasteiger partial charge in [-0.3, -0.25) is 0 Å². The zero-order chi connectivity index (χ0) is 22.2. The first-order chi connectivity index (χ1) is 15.7. The van der Waals surface area contributed by atoms with Gasteiger partial charge in [0.25, 0.3) is 0 Å². The quantitative estimate of drug-likeness (QED) is 0.420. The van der Waals surface area contributed by atoms with Crippen molar-refractivity contribution in [3.05, 3.63) is 102 Å². The number of esters is 1. The van der Waals surface area contributed by atoms with Gasteiger partial charge in [0.2, 0.25) is 0 Å². The third-order valence-electron chi connectivity index (χ3n) is 6.18. The summed E-state index contributed by atoms with van der Waals surface area (Å²) in [5.41, 5.74) is 2.72. The number of ether oxygens (including phenoxy) is 2. The fraction of sp³-hybridized carbons (Fsp3) is 0.321. The number of nitrogens with zero attached hydrogens (tertiary/aromatic N) is 1. The molecule has 4 rings (SSSR count). The normalized spacial score (nSPS) is 16.2. The highest BCUT2D eigenvalue weighted by Crippen LogP contribution is 2.37. The van der Waals surface area contributed by atoms with Crippen LogP contribution in [0.1, 0.15) is 52.8 Å². The summed E-state index contributed by atoms with van der Waals surface area (Å²) in [5.74, 6) is 0.510. The Bertz CT molecular complexity index is 967. The van der Waals surface area contributed by atoms with E-state index in [4.69, 9.17) is 9.47 Å². The van der Waals surface area contributed by atoms with Gasteiger partial charge in [-0.05, 0) is 61.3 Å². The number of methoxy groups -OCH3 is 1. The average Bonchev–Trinajstić information content (AvgIpc) is 2.88. The summed E-state index contributed by atoms with van der Waals surface area (Å²) in [6.07, 6.45) is 3.33. The van der Waals surface area contributed by atoms with Crippen LogP contribution in [0.5, 0.6) is 5.75 Å². The summed E-state index contributed by atoms with van der Waals surface area (Å²) < 4.78 is 11.6. The highest BCUT2D eigenvalue weighted by molar-refractivity contribution is 5.89. The summed E-state index contributed by atoms with van der Waals surface area (Å²) in [4.78, 5) is 15.6. The molecule has 0 N–H and O–H groups in total. The highest BCUT2D eigenvalue weighted by Gasteiger charge is 2.31. The van der Waals surface area contributed by atoms with Gasteiger partial charge in [-0.25, -0.2) is 4.79 Å². The Labute approximate surface area is 190 Å². The first kappa shape index (κ1) is 22.1. The van der Waals surface area contributed by atoms with Crippen molar-refractivity contribution in [2.75, 3.05) is 26.7 Å². The van der Waals surface area contributed by atoms with E-state index < -0.39 is 6.10 Å². The molecule has 1 aliphatic rings. The number of rotatable bonds is 8. The Hall–Kier alpha value is -3.11. The number of carbonyl (C=O) groups is 1. The van der Waals surface area contributed by atoms with E-state index >= 15 is 0 Å². The zero-order valence-corrected chi connectivity index (χ0v) is 18.7. The Morgan fingerprint density at radius 1 is 0.812 bits per heavy atom. The molecule has 2 atom stereocenters. The van der Waals surface area contributed by atoms with Crippen molar-refractivity contribution in [1.82, 2.24) is 4.90 Å². The topological polar surface area (TPSA) is 38.8 Å². The molecule has 0 unspecified atom stereocenters. The molecule has 1 heterocycles. The lowest BCUT2D eigenvalue weighted by atomic mass is 9.87. The van der Waals surface area contributed by atoms with Crippen LogP contribution >= 0.6 is 0 Å². The second-order valence-electron chi connectivity index (χ2n) is 8.34. The predicted molar refractivity (Wildman–Crippen MR) is 127 cm³/mol. The summed E-state index contributed by atoms with van der Waals surface area (Å²) in [7, 11) is 1.66. The van der Waals surface area contributed by atoms with E-state index in [1.54, 1.807) is 19.2 Å². The lowest BCUT2D eigenvalue weighted by Gasteiger charge is -2.34. The molecule has 32 heavy (non-hydrogen) atoms. The number of piperidine rings is 1. The lowest BCUT2D eigenvalue weighted by Crippen LogP contribution is -2.36. The van der Waals surface area contributed by atoms with Crippen LogP contribution in [0.25, 0.3) is 0 Å². The smallest absolute Gasteiger partial charge is 0.338 e. The van der Waals surface area contributed by atoms with E-state index in [0.717, 1.165) is 30.9 Å². The van der Waals surface area contributed by atoms with Crippen LogP contribution in [-0.2, 0) is 4.74 Å². The van der Waals surface area contributed by atoms with Gasteiger partial charge in [-0.2, -0.15) is 0 Å². The largest absolute Gasteiger partial charge is 0.497 e. The third-order valence-corrected chi connectivity index (χ3v) is 6.18. The molecular formula is C28H31NO3. The molecule has 3 aromatic rings. The van der Waals surface area contributed by atoms with E-state index in [1.807, 2.05) is 48.5 Å². The SMILES string of the molecule is COc1ccc([C@@H](OC(=O)c2ccccc2)[C@@H](CN2CCCCC2)c2ccccc2)cc1. The molecule has 0 aromatic heterocycles. The summed E-state index contributed by atoms with van der Waals surface area (Å²) in [5, 5.41) is 0. The van der Waals surface area contributed by atoms with Gasteiger partial charge < -0.3 is 14.4 Å². The molecule has 0 radical (unpaired) electrons. The monoisotopic (exact) mass is 429 g/mol. The van der Waals surface area contributed by atoms with Gasteiger partial charge in [0.15, 0.2) is 0 Å². The van der Waals surface area contributed by atoms with Gasteiger partial charge in [0, 0.05) is 12.5 Å². The van der Waals surface area contributed by atoms with Crippen molar-refractivity contribution in [3.63, 3.8) is 0 Å². The maximum atomic E-state index is 13.1. The van der Waals surface area contributed by atoms with Crippen molar-refractivity contribution >= 4 is 5.97 Å². The second kappa shape index (κ2) is 11.0. The first-order valence-electron chi connectivity index (χ1n) is 11.4. The van der Waals surface area contributed by atoms with Gasteiger partial charge in [0.1, 0.15) is 11.9 Å². The molecule has 4 nitrogen and oxygen atoms in total. The van der Waals surface area contributed by atoms with Crippen LogP contribution < -0.4 is 4.74 Å². The number of benzene rings is 3. The molecule has 166 valence electrons. The van der Waals surface area contributed by atoms with Crippen LogP contribution in [-0.4, -0.2) is 37.6 Å². The van der Waals surface area contributed by atoms with Gasteiger partial charge in [-0.1, -0.05) is 67.1 Å². The molecule has 3 aromatic carbocycles. The zero-order valence-electron chi connectivity index (χ0n) is 18.7. The maximum absolute atomic E-state index is 13.1. The maximum Gasteiger partial charge on any atom is 0.338 e. The van der Waals surface area contributed by atoms with E-state index in [0.29, 0.717) is 5.56 Å². The van der Waals surface area contributed by atoms with Gasteiger partial charge in [-0.15, -0.1) is 0 Å². The van der Waals surface area contributed by atoms with Gasteiger partial charge >= 0.3 is 5.97 Å². The molecule has 1 aliphatic heterocycles. The van der Waals surface area contributed by atoms with Crippen LogP contribution in [0.15, 0.2) is 84.9 Å². The van der Waals surface area contributed by atoms with E-state index in [1.165, 1.54) is 24.8 Å². The van der Waals surface area contributed by atoms with Crippen molar-refractivity contribution < 1.29 is 14.3 Å². The number of hydrogen-bond acceptors (Lipinski definition) is 4. The molecule has 0 amide bonds. The predicted octanol–water partition coefficient (Wildman–Crippen LogP) is 5.86. The van der Waals surface area contributed by atoms with Crippen molar-refractivity contribution in [1.29, 1.82) is 0 Å². The molecule has 0 saturated carbocycles. The molecule has 1 fully saturated rings. The van der Waals surface area contributed by atoms with Crippen LogP contribution in [0.4, 0.5) is 0 Å².